The zero-order valence-corrected chi connectivity index (χ0v) is 21.9. The molecule has 0 radical (unpaired) electrons. The highest BCUT2D eigenvalue weighted by Crippen LogP contribution is 2.51. The Morgan fingerprint density at radius 2 is 2.09 bits per heavy atom. The van der Waals surface area contributed by atoms with Crippen LogP contribution in [0.2, 0.25) is 0 Å². The minimum atomic E-state index is -0.865. The number of Topliss-reactive ketones (excluding diaryl/α,β-unsaturated/α-hetero) is 1. The zero-order valence-electron chi connectivity index (χ0n) is 18.6. The van der Waals surface area contributed by atoms with E-state index in [-0.39, 0.29) is 28.2 Å². The molecule has 1 aromatic carbocycles. The van der Waals surface area contributed by atoms with Crippen LogP contribution in [0.25, 0.3) is 0 Å². The van der Waals surface area contributed by atoms with Crippen LogP contribution < -0.4 is 10.6 Å². The maximum absolute atomic E-state index is 15.1. The van der Waals surface area contributed by atoms with Crippen LogP contribution in [-0.2, 0) is 4.79 Å². The van der Waals surface area contributed by atoms with E-state index in [9.17, 15) is 10.1 Å². The predicted molar refractivity (Wildman–Crippen MR) is 132 cm³/mol. The van der Waals surface area contributed by atoms with Crippen molar-refractivity contribution in [1.82, 2.24) is 10.2 Å². The lowest BCUT2D eigenvalue weighted by molar-refractivity contribution is -0.118. The standard InChI is InChI=1S/C23H23BrFN5OS2/c1-11(2)32-22-29-28-21(33-22)30-16-8-23(3,4)9-17(31)19(16)18(14(10-26)20(30)27)13-6-5-12(24)7-15(13)25/h5-7,11,18H,8-9,27H2,1-4H3. The summed E-state index contributed by atoms with van der Waals surface area (Å²) < 4.78 is 16.4. The van der Waals surface area contributed by atoms with Crippen molar-refractivity contribution in [2.24, 2.45) is 11.1 Å². The van der Waals surface area contributed by atoms with Crippen molar-refractivity contribution in [2.45, 2.75) is 56.0 Å². The first-order valence-electron chi connectivity index (χ1n) is 10.4. The Balaban J connectivity index is 1.95. The summed E-state index contributed by atoms with van der Waals surface area (Å²) in [6, 6.07) is 6.80. The summed E-state index contributed by atoms with van der Waals surface area (Å²) in [5.74, 6) is -1.32. The van der Waals surface area contributed by atoms with E-state index in [0.29, 0.717) is 39.0 Å². The Labute approximate surface area is 208 Å². The number of carbonyl (C=O) groups excluding carboxylic acids is 1. The number of hydrogen-bond acceptors (Lipinski definition) is 8. The molecular weight excluding hydrogens is 525 g/mol. The van der Waals surface area contributed by atoms with Crippen molar-refractivity contribution in [2.75, 3.05) is 4.90 Å². The molecule has 0 saturated heterocycles. The quantitative estimate of drug-likeness (QED) is 0.477. The molecule has 0 spiro atoms. The van der Waals surface area contributed by atoms with Gasteiger partial charge in [-0.2, -0.15) is 5.26 Å². The smallest absolute Gasteiger partial charge is 0.219 e. The van der Waals surface area contributed by atoms with Crippen LogP contribution in [0.3, 0.4) is 0 Å². The molecule has 1 unspecified atom stereocenters. The fourth-order valence-electron chi connectivity index (χ4n) is 4.32. The van der Waals surface area contributed by atoms with Crippen molar-refractivity contribution in [1.29, 1.82) is 5.26 Å². The van der Waals surface area contributed by atoms with Gasteiger partial charge in [-0.15, -0.1) is 10.2 Å². The van der Waals surface area contributed by atoms with Crippen LogP contribution >= 0.6 is 39.0 Å². The van der Waals surface area contributed by atoms with Gasteiger partial charge in [0.1, 0.15) is 11.6 Å². The molecule has 1 aliphatic carbocycles. The fourth-order valence-corrected chi connectivity index (χ4v) is 6.75. The number of thioether (sulfide) groups is 1. The number of benzene rings is 1. The Morgan fingerprint density at radius 3 is 2.73 bits per heavy atom. The van der Waals surface area contributed by atoms with Gasteiger partial charge in [0.2, 0.25) is 5.13 Å². The zero-order chi connectivity index (χ0) is 24.1. The number of nitrogens with zero attached hydrogens (tertiary/aromatic N) is 4. The van der Waals surface area contributed by atoms with Crippen molar-refractivity contribution >= 4 is 49.9 Å². The first kappa shape index (κ1) is 23.9. The van der Waals surface area contributed by atoms with Gasteiger partial charge in [0.15, 0.2) is 10.1 Å². The van der Waals surface area contributed by atoms with Crippen LogP contribution in [0.5, 0.6) is 0 Å². The highest BCUT2D eigenvalue weighted by Gasteiger charge is 2.46. The SMILES string of the molecule is CC(C)Sc1nnc(N2C(N)=C(C#N)C(c3ccc(Br)cc3F)C3=C2CC(C)(C)CC3=O)s1. The Kier molecular flexibility index (Phi) is 6.42. The maximum Gasteiger partial charge on any atom is 0.219 e. The Morgan fingerprint density at radius 1 is 1.36 bits per heavy atom. The third-order valence-electron chi connectivity index (χ3n) is 5.58. The molecule has 1 atom stereocenters. The number of allylic oxidation sites excluding steroid dienone is 3. The molecule has 2 aromatic rings. The molecule has 33 heavy (non-hydrogen) atoms. The molecule has 1 aromatic heterocycles. The number of nitrogens with two attached hydrogens (primary N) is 1. The molecular formula is C23H23BrFN5OS2. The second kappa shape index (κ2) is 8.85. The average molecular weight is 549 g/mol. The first-order chi connectivity index (χ1) is 15.5. The van der Waals surface area contributed by atoms with Crippen LogP contribution in [0, 0.1) is 22.6 Å². The summed E-state index contributed by atoms with van der Waals surface area (Å²) in [5, 5.41) is 19.5. The summed E-state index contributed by atoms with van der Waals surface area (Å²) in [6.45, 7) is 8.16. The lowest BCUT2D eigenvalue weighted by Crippen LogP contribution is -2.42. The molecule has 0 saturated carbocycles. The lowest BCUT2D eigenvalue weighted by atomic mass is 9.68. The summed E-state index contributed by atoms with van der Waals surface area (Å²) in [7, 11) is 0. The second-order valence-electron chi connectivity index (χ2n) is 9.16. The van der Waals surface area contributed by atoms with E-state index in [4.69, 9.17) is 5.73 Å². The van der Waals surface area contributed by atoms with Crippen molar-refractivity contribution < 1.29 is 9.18 Å². The van der Waals surface area contributed by atoms with Gasteiger partial charge in [-0.05, 0) is 24.0 Å². The number of hydrogen-bond donors (Lipinski definition) is 1. The number of carbonyl (C=O) groups is 1. The first-order valence-corrected chi connectivity index (χ1v) is 12.9. The van der Waals surface area contributed by atoms with Gasteiger partial charge < -0.3 is 5.73 Å². The minimum Gasteiger partial charge on any atom is -0.384 e. The molecule has 0 amide bonds. The Hall–Kier alpha value is -2.22. The topological polar surface area (TPSA) is 95.9 Å². The average Bonchev–Trinajstić information content (AvgIpc) is 3.13. The second-order valence-corrected chi connectivity index (χ2v) is 12.9. The summed E-state index contributed by atoms with van der Waals surface area (Å²) >= 11 is 6.22. The number of halogens is 2. The van der Waals surface area contributed by atoms with E-state index in [1.165, 1.54) is 17.4 Å². The predicted octanol–water partition coefficient (Wildman–Crippen LogP) is 5.88. The molecule has 172 valence electrons. The lowest BCUT2D eigenvalue weighted by Gasteiger charge is -2.42. The molecule has 2 N–H and O–H groups in total. The minimum absolute atomic E-state index is 0.111. The van der Waals surface area contributed by atoms with Crippen LogP contribution in [-0.4, -0.2) is 21.2 Å². The molecule has 6 nitrogen and oxygen atoms in total. The number of nitriles is 1. The van der Waals surface area contributed by atoms with Gasteiger partial charge in [-0.25, -0.2) is 4.39 Å². The van der Waals surface area contributed by atoms with Crippen LogP contribution in [0.1, 0.15) is 52.0 Å². The summed E-state index contributed by atoms with van der Waals surface area (Å²) in [4.78, 5) is 15.2. The molecule has 2 heterocycles. The van der Waals surface area contributed by atoms with E-state index in [1.54, 1.807) is 28.8 Å². The van der Waals surface area contributed by atoms with E-state index < -0.39 is 11.7 Å². The van der Waals surface area contributed by atoms with Crippen molar-refractivity contribution in [3.8, 4) is 6.07 Å². The fraction of sp³-hybridized carbons (Fsp3) is 0.391. The van der Waals surface area contributed by atoms with E-state index >= 15 is 4.39 Å². The molecule has 4 rings (SSSR count). The maximum atomic E-state index is 15.1. The third kappa shape index (κ3) is 4.46. The van der Waals surface area contributed by atoms with Crippen molar-refractivity contribution in [3.05, 3.63) is 56.7 Å². The van der Waals surface area contributed by atoms with Gasteiger partial charge in [-0.1, -0.05) is 72.8 Å². The van der Waals surface area contributed by atoms with Crippen molar-refractivity contribution in [3.63, 3.8) is 0 Å². The summed E-state index contributed by atoms with van der Waals surface area (Å²) in [6.07, 6.45) is 0.839. The number of rotatable bonds is 4. The van der Waals surface area contributed by atoms with E-state index in [0.717, 1.165) is 4.34 Å². The molecule has 1 aliphatic heterocycles. The van der Waals surface area contributed by atoms with E-state index in [2.05, 4.69) is 46.0 Å². The highest BCUT2D eigenvalue weighted by atomic mass is 79.9. The van der Waals surface area contributed by atoms with Gasteiger partial charge in [-0.3, -0.25) is 9.69 Å². The molecule has 2 aliphatic rings. The number of ketones is 1. The van der Waals surface area contributed by atoms with Gasteiger partial charge >= 0.3 is 0 Å². The number of aromatic nitrogens is 2. The highest BCUT2D eigenvalue weighted by molar-refractivity contribution is 9.10. The largest absolute Gasteiger partial charge is 0.384 e. The Bertz CT molecular complexity index is 1240. The van der Waals surface area contributed by atoms with Crippen LogP contribution in [0.4, 0.5) is 9.52 Å². The van der Waals surface area contributed by atoms with E-state index in [1.807, 2.05) is 13.8 Å². The number of anilines is 1. The molecule has 0 bridgehead atoms. The van der Waals surface area contributed by atoms with Gasteiger partial charge in [0.25, 0.3) is 0 Å². The molecule has 0 fully saturated rings. The van der Waals surface area contributed by atoms with Gasteiger partial charge in [0.05, 0.1) is 17.6 Å². The monoisotopic (exact) mass is 547 g/mol. The van der Waals surface area contributed by atoms with Crippen LogP contribution in [0.15, 0.2) is 49.7 Å². The summed E-state index contributed by atoms with van der Waals surface area (Å²) in [5.41, 5.74) is 7.71. The third-order valence-corrected chi connectivity index (χ3v) is 8.07. The molecule has 10 heteroatoms. The van der Waals surface area contributed by atoms with Gasteiger partial charge in [0, 0.05) is 33.0 Å². The normalized spacial score (nSPS) is 20.4.